The lowest BCUT2D eigenvalue weighted by Gasteiger charge is -2.18. The van der Waals surface area contributed by atoms with Crippen LogP contribution in [0.25, 0.3) is 10.4 Å². The van der Waals surface area contributed by atoms with E-state index in [4.69, 9.17) is 5.73 Å². The molecular formula is C17H19N3OS. The molecule has 114 valence electrons. The van der Waals surface area contributed by atoms with Gasteiger partial charge in [0.15, 0.2) is 5.13 Å². The fourth-order valence-electron chi connectivity index (χ4n) is 3.83. The highest BCUT2D eigenvalue weighted by Crippen LogP contribution is 2.41. The van der Waals surface area contributed by atoms with E-state index in [-0.39, 0.29) is 0 Å². The van der Waals surface area contributed by atoms with Crippen LogP contribution in [0.3, 0.4) is 0 Å². The molecular weight excluding hydrogens is 294 g/mol. The molecule has 4 nitrogen and oxygen atoms in total. The topological polar surface area (TPSA) is 68.0 Å². The minimum absolute atomic E-state index is 0.339. The summed E-state index contributed by atoms with van der Waals surface area (Å²) in [4.78, 5) is 16.3. The number of anilines is 1. The minimum Gasteiger partial charge on any atom is -0.375 e. The molecule has 1 aromatic heterocycles. The van der Waals surface area contributed by atoms with Crippen molar-refractivity contribution < 1.29 is 4.79 Å². The Balaban J connectivity index is 1.62. The molecule has 1 heterocycles. The molecule has 0 aliphatic heterocycles. The monoisotopic (exact) mass is 313 g/mol. The van der Waals surface area contributed by atoms with Crippen molar-refractivity contribution in [3.8, 4) is 10.4 Å². The van der Waals surface area contributed by atoms with Gasteiger partial charge < -0.3 is 11.1 Å². The first-order valence-electron chi connectivity index (χ1n) is 7.82. The molecule has 1 saturated carbocycles. The van der Waals surface area contributed by atoms with Crippen LogP contribution in [0.15, 0.2) is 18.2 Å². The van der Waals surface area contributed by atoms with Crippen LogP contribution in [0.5, 0.6) is 0 Å². The van der Waals surface area contributed by atoms with Gasteiger partial charge in [0.2, 0.25) is 6.41 Å². The molecule has 2 aromatic rings. The van der Waals surface area contributed by atoms with Gasteiger partial charge in [0.1, 0.15) is 0 Å². The summed E-state index contributed by atoms with van der Waals surface area (Å²) in [5.74, 6) is 0.565. The second-order valence-corrected chi connectivity index (χ2v) is 7.27. The Labute approximate surface area is 133 Å². The van der Waals surface area contributed by atoms with E-state index in [0.717, 1.165) is 44.2 Å². The fraction of sp³-hybridized carbons (Fsp3) is 0.412. The van der Waals surface area contributed by atoms with Crippen LogP contribution in [-0.2, 0) is 17.6 Å². The van der Waals surface area contributed by atoms with Gasteiger partial charge in [-0.3, -0.25) is 4.79 Å². The number of fused-ring (bicyclic) bond motifs is 3. The van der Waals surface area contributed by atoms with Crippen molar-refractivity contribution in [2.75, 3.05) is 5.73 Å². The van der Waals surface area contributed by atoms with Crippen LogP contribution in [0, 0.1) is 0 Å². The number of benzene rings is 1. The number of hydrogen-bond donors (Lipinski definition) is 2. The van der Waals surface area contributed by atoms with Gasteiger partial charge in [0.05, 0.1) is 10.6 Å². The normalized spacial score (nSPS) is 22.9. The van der Waals surface area contributed by atoms with Crippen molar-refractivity contribution in [3.05, 3.63) is 35.0 Å². The number of nitrogens with two attached hydrogens (primary N) is 1. The third kappa shape index (κ3) is 2.29. The van der Waals surface area contributed by atoms with Crippen LogP contribution in [-0.4, -0.2) is 17.4 Å². The Morgan fingerprint density at radius 2 is 2.23 bits per heavy atom. The molecule has 2 aliphatic carbocycles. The van der Waals surface area contributed by atoms with Crippen molar-refractivity contribution in [1.29, 1.82) is 0 Å². The number of aryl methyl sites for hydroxylation is 2. The highest BCUT2D eigenvalue weighted by molar-refractivity contribution is 7.18. The van der Waals surface area contributed by atoms with Crippen LogP contribution < -0.4 is 11.1 Å². The predicted octanol–water partition coefficient (Wildman–Crippen LogP) is 2.87. The third-order valence-electron chi connectivity index (χ3n) is 4.93. The molecule has 0 spiro atoms. The summed E-state index contributed by atoms with van der Waals surface area (Å²) in [7, 11) is 0. The molecule has 1 amide bonds. The fourth-order valence-corrected chi connectivity index (χ4v) is 4.77. The molecule has 3 N–H and O–H groups in total. The SMILES string of the molecule is Nc1nc2c(s1)-c1ccc(C3CCC(NC=O)C3)cc1CC2. The summed E-state index contributed by atoms with van der Waals surface area (Å²) in [5.41, 5.74) is 11.1. The summed E-state index contributed by atoms with van der Waals surface area (Å²) in [6, 6.07) is 7.19. The molecule has 2 aliphatic rings. The van der Waals surface area contributed by atoms with Gasteiger partial charge in [-0.2, -0.15) is 0 Å². The Bertz CT molecular complexity index is 725. The lowest BCUT2D eigenvalue weighted by Crippen LogP contribution is -2.24. The average Bonchev–Trinajstić information content (AvgIpc) is 3.13. The number of thiazole rings is 1. The predicted molar refractivity (Wildman–Crippen MR) is 89.0 cm³/mol. The zero-order valence-corrected chi connectivity index (χ0v) is 13.2. The van der Waals surface area contributed by atoms with Crippen LogP contribution in [0.1, 0.15) is 42.0 Å². The summed E-state index contributed by atoms with van der Waals surface area (Å²) < 4.78 is 0. The number of rotatable bonds is 3. The number of nitrogens with one attached hydrogen (secondary N) is 1. The number of aromatic nitrogens is 1. The van der Waals surface area contributed by atoms with Crippen molar-refractivity contribution in [2.45, 2.75) is 44.1 Å². The van der Waals surface area contributed by atoms with E-state index >= 15 is 0 Å². The minimum atomic E-state index is 0.339. The van der Waals surface area contributed by atoms with Gasteiger partial charge in [0.25, 0.3) is 0 Å². The number of carbonyl (C=O) groups excluding carboxylic acids is 1. The maximum atomic E-state index is 10.6. The third-order valence-corrected chi connectivity index (χ3v) is 5.89. The first kappa shape index (κ1) is 13.8. The molecule has 1 aromatic carbocycles. The number of nitrogens with zero attached hydrogens (tertiary/aromatic N) is 1. The van der Waals surface area contributed by atoms with Crippen LogP contribution >= 0.6 is 11.3 Å². The van der Waals surface area contributed by atoms with E-state index in [2.05, 4.69) is 28.5 Å². The van der Waals surface area contributed by atoms with Gasteiger partial charge in [-0.05, 0) is 54.7 Å². The maximum absolute atomic E-state index is 10.6. The quantitative estimate of drug-likeness (QED) is 0.856. The smallest absolute Gasteiger partial charge is 0.207 e. The molecule has 0 bridgehead atoms. The molecule has 5 heteroatoms. The second-order valence-electron chi connectivity index (χ2n) is 6.24. The van der Waals surface area contributed by atoms with Gasteiger partial charge in [-0.1, -0.05) is 29.5 Å². The lowest BCUT2D eigenvalue weighted by molar-refractivity contribution is -0.110. The average molecular weight is 313 g/mol. The number of carbonyl (C=O) groups is 1. The maximum Gasteiger partial charge on any atom is 0.207 e. The highest BCUT2D eigenvalue weighted by atomic mass is 32.1. The first-order valence-corrected chi connectivity index (χ1v) is 8.64. The van der Waals surface area contributed by atoms with Gasteiger partial charge in [-0.25, -0.2) is 4.98 Å². The molecule has 1 fully saturated rings. The largest absolute Gasteiger partial charge is 0.375 e. The van der Waals surface area contributed by atoms with Gasteiger partial charge in [0, 0.05) is 6.04 Å². The molecule has 2 atom stereocenters. The summed E-state index contributed by atoms with van der Waals surface area (Å²) >= 11 is 1.60. The van der Waals surface area contributed by atoms with Crippen molar-refractivity contribution >= 4 is 22.9 Å². The second kappa shape index (κ2) is 5.39. The summed E-state index contributed by atoms with van der Waals surface area (Å²) in [6.07, 6.45) is 6.15. The van der Waals surface area contributed by atoms with E-state index in [1.54, 1.807) is 11.3 Å². The van der Waals surface area contributed by atoms with Gasteiger partial charge >= 0.3 is 0 Å². The Morgan fingerprint density at radius 3 is 3.09 bits per heavy atom. The molecule has 0 saturated heterocycles. The van der Waals surface area contributed by atoms with Gasteiger partial charge in [-0.15, -0.1) is 0 Å². The Hall–Kier alpha value is -1.88. The summed E-state index contributed by atoms with van der Waals surface area (Å²) in [5, 5.41) is 3.59. The number of nitrogen functional groups attached to an aromatic ring is 1. The van der Waals surface area contributed by atoms with Crippen LogP contribution in [0.2, 0.25) is 0 Å². The standard InChI is InChI=1S/C17H19N3OS/c18-17-20-15-6-3-12-7-10(2-5-14(12)16(15)22-17)11-1-4-13(8-11)19-9-21/h2,5,7,9,11,13H,1,3-4,6,8H2,(H2,18,20)(H,19,21). The first-order chi connectivity index (χ1) is 10.7. The molecule has 22 heavy (non-hydrogen) atoms. The Morgan fingerprint density at radius 1 is 1.32 bits per heavy atom. The van der Waals surface area contributed by atoms with E-state index in [1.807, 2.05) is 0 Å². The van der Waals surface area contributed by atoms with Crippen molar-refractivity contribution in [2.24, 2.45) is 0 Å². The zero-order valence-electron chi connectivity index (χ0n) is 12.3. The van der Waals surface area contributed by atoms with E-state index < -0.39 is 0 Å². The van der Waals surface area contributed by atoms with E-state index in [0.29, 0.717) is 17.1 Å². The van der Waals surface area contributed by atoms with Crippen molar-refractivity contribution in [1.82, 2.24) is 10.3 Å². The van der Waals surface area contributed by atoms with Crippen molar-refractivity contribution in [3.63, 3.8) is 0 Å². The molecule has 2 unspecified atom stereocenters. The number of amides is 1. The Kier molecular flexibility index (Phi) is 3.37. The highest BCUT2D eigenvalue weighted by Gasteiger charge is 2.27. The number of hydrogen-bond acceptors (Lipinski definition) is 4. The summed E-state index contributed by atoms with van der Waals surface area (Å²) in [6.45, 7) is 0. The lowest BCUT2D eigenvalue weighted by atomic mass is 9.88. The molecule has 0 radical (unpaired) electrons. The molecule has 4 rings (SSSR count). The van der Waals surface area contributed by atoms with E-state index in [1.165, 1.54) is 21.6 Å². The zero-order chi connectivity index (χ0) is 15.1. The van der Waals surface area contributed by atoms with Crippen LogP contribution in [0.4, 0.5) is 5.13 Å². The van der Waals surface area contributed by atoms with E-state index in [9.17, 15) is 4.79 Å².